The average Bonchev–Trinajstić information content (AvgIpc) is 2.44. The second kappa shape index (κ2) is 10.9. The number of amides is 1. The number of esters is 1. The van der Waals surface area contributed by atoms with Gasteiger partial charge in [-0.1, -0.05) is 47.5 Å². The van der Waals surface area contributed by atoms with E-state index in [1.807, 2.05) is 13.8 Å². The van der Waals surface area contributed by atoms with Gasteiger partial charge >= 0.3 is 18.0 Å². The van der Waals surface area contributed by atoms with Gasteiger partial charge in [0.1, 0.15) is 0 Å². The summed E-state index contributed by atoms with van der Waals surface area (Å²) < 4.78 is 10.1. The number of hydrogen-bond donors (Lipinski definition) is 2. The molecule has 1 amide bonds. The number of nitrogens with one attached hydrogen (secondary N) is 1. The largest absolute Gasteiger partial charge is 0.481 e. The lowest BCUT2D eigenvalue weighted by atomic mass is 9.84. The summed E-state index contributed by atoms with van der Waals surface area (Å²) in [5, 5.41) is 11.7. The maximum absolute atomic E-state index is 12.1. The van der Waals surface area contributed by atoms with Gasteiger partial charge in [0, 0.05) is 18.9 Å². The van der Waals surface area contributed by atoms with E-state index < -0.39 is 30.4 Å². The standard InChI is InChI=1S/C17H31NO6/c1-7-8-11(4)12(5)14(9-15(20)21)18-17(22)24-16(10(2)3)23-13(6)19/h10-12,14,16H,7-9H2,1-6H3,(H,18,22)(H,20,21)/t11-,12-,14+,16+/m1/s1. The van der Waals surface area contributed by atoms with Crippen molar-refractivity contribution in [2.24, 2.45) is 17.8 Å². The minimum Gasteiger partial charge on any atom is -0.481 e. The second-order valence-electron chi connectivity index (χ2n) is 6.60. The normalized spacial score (nSPS) is 16.0. The van der Waals surface area contributed by atoms with Crippen molar-refractivity contribution in [3.05, 3.63) is 0 Å². The Balaban J connectivity index is 4.90. The minimum absolute atomic E-state index is 0.0279. The molecule has 24 heavy (non-hydrogen) atoms. The second-order valence-corrected chi connectivity index (χ2v) is 6.60. The zero-order valence-corrected chi connectivity index (χ0v) is 15.5. The number of aliphatic carboxylic acids is 1. The van der Waals surface area contributed by atoms with Gasteiger partial charge in [-0.3, -0.25) is 9.59 Å². The van der Waals surface area contributed by atoms with Crippen LogP contribution in [0.3, 0.4) is 0 Å². The monoisotopic (exact) mass is 345 g/mol. The fourth-order valence-electron chi connectivity index (χ4n) is 2.42. The molecular formula is C17H31NO6. The topological polar surface area (TPSA) is 102 Å². The Labute approximate surface area is 144 Å². The fourth-order valence-corrected chi connectivity index (χ4v) is 2.42. The summed E-state index contributed by atoms with van der Waals surface area (Å²) in [6, 6.07) is -0.554. The summed E-state index contributed by atoms with van der Waals surface area (Å²) in [7, 11) is 0. The minimum atomic E-state index is -1.00. The van der Waals surface area contributed by atoms with Crippen molar-refractivity contribution in [2.45, 2.75) is 73.1 Å². The molecule has 7 heteroatoms. The molecule has 0 spiro atoms. The number of hydrogen-bond acceptors (Lipinski definition) is 5. The maximum Gasteiger partial charge on any atom is 0.410 e. The number of carboxylic acid groups (broad SMARTS) is 1. The van der Waals surface area contributed by atoms with Crippen molar-refractivity contribution < 1.29 is 29.0 Å². The van der Waals surface area contributed by atoms with Gasteiger partial charge in [0.05, 0.1) is 6.42 Å². The molecular weight excluding hydrogens is 314 g/mol. The van der Waals surface area contributed by atoms with Gasteiger partial charge in [0.25, 0.3) is 6.29 Å². The van der Waals surface area contributed by atoms with Gasteiger partial charge in [-0.15, -0.1) is 0 Å². The Morgan fingerprint density at radius 2 is 1.67 bits per heavy atom. The highest BCUT2D eigenvalue weighted by atomic mass is 16.7. The molecule has 0 unspecified atom stereocenters. The van der Waals surface area contributed by atoms with Crippen LogP contribution in [0.5, 0.6) is 0 Å². The van der Waals surface area contributed by atoms with E-state index in [4.69, 9.17) is 14.6 Å². The summed E-state index contributed by atoms with van der Waals surface area (Å²) in [6.07, 6.45) is -0.0501. The Morgan fingerprint density at radius 3 is 2.08 bits per heavy atom. The molecule has 0 aromatic heterocycles. The van der Waals surface area contributed by atoms with E-state index in [0.717, 1.165) is 12.8 Å². The number of carboxylic acids is 1. The summed E-state index contributed by atoms with van der Waals surface area (Å²) in [5.74, 6) is -1.52. The number of ether oxygens (including phenoxy) is 2. The van der Waals surface area contributed by atoms with Crippen LogP contribution in [-0.4, -0.2) is 35.5 Å². The summed E-state index contributed by atoms with van der Waals surface area (Å²) >= 11 is 0. The van der Waals surface area contributed by atoms with Crippen molar-refractivity contribution in [1.82, 2.24) is 5.32 Å². The molecule has 0 radical (unpaired) electrons. The van der Waals surface area contributed by atoms with E-state index in [2.05, 4.69) is 12.2 Å². The molecule has 0 aromatic carbocycles. The van der Waals surface area contributed by atoms with Crippen molar-refractivity contribution in [1.29, 1.82) is 0 Å². The molecule has 0 heterocycles. The van der Waals surface area contributed by atoms with Crippen molar-refractivity contribution in [2.75, 3.05) is 0 Å². The van der Waals surface area contributed by atoms with Gasteiger partial charge in [-0.25, -0.2) is 4.79 Å². The van der Waals surface area contributed by atoms with Crippen molar-refractivity contribution in [3.8, 4) is 0 Å². The van der Waals surface area contributed by atoms with Crippen LogP contribution < -0.4 is 5.32 Å². The predicted octanol–water partition coefficient (Wildman–Crippen LogP) is 3.17. The van der Waals surface area contributed by atoms with Crippen LogP contribution in [0.2, 0.25) is 0 Å². The zero-order valence-electron chi connectivity index (χ0n) is 15.5. The summed E-state index contributed by atoms with van der Waals surface area (Å²) in [4.78, 5) is 34.3. The number of alkyl carbamates (subject to hydrolysis) is 1. The lowest BCUT2D eigenvalue weighted by molar-refractivity contribution is -0.172. The molecule has 4 atom stereocenters. The lowest BCUT2D eigenvalue weighted by Gasteiger charge is -2.29. The average molecular weight is 345 g/mol. The third-order valence-electron chi connectivity index (χ3n) is 4.02. The van der Waals surface area contributed by atoms with E-state index in [1.165, 1.54) is 6.92 Å². The summed E-state index contributed by atoms with van der Waals surface area (Å²) in [5.41, 5.74) is 0. The van der Waals surface area contributed by atoms with Crippen molar-refractivity contribution in [3.63, 3.8) is 0 Å². The van der Waals surface area contributed by atoms with E-state index in [0.29, 0.717) is 0 Å². The number of rotatable bonds is 10. The SMILES string of the molecule is CCC[C@@H](C)[C@@H](C)[C@H](CC(=O)O)NC(=O)O[C@H](OC(C)=O)C(C)C. The van der Waals surface area contributed by atoms with Gasteiger partial charge in [-0.05, 0) is 11.8 Å². The molecule has 0 aromatic rings. The predicted molar refractivity (Wildman–Crippen MR) is 89.3 cm³/mol. The van der Waals surface area contributed by atoms with Crippen LogP contribution >= 0.6 is 0 Å². The highest BCUT2D eigenvalue weighted by molar-refractivity contribution is 5.72. The Morgan fingerprint density at radius 1 is 1.08 bits per heavy atom. The van der Waals surface area contributed by atoms with Gasteiger partial charge in [0.15, 0.2) is 0 Å². The highest BCUT2D eigenvalue weighted by Crippen LogP contribution is 2.22. The van der Waals surface area contributed by atoms with Crippen LogP contribution in [0.4, 0.5) is 4.79 Å². The Kier molecular flexibility index (Phi) is 10.1. The van der Waals surface area contributed by atoms with Gasteiger partial charge in [-0.2, -0.15) is 0 Å². The molecule has 0 rings (SSSR count). The first-order chi connectivity index (χ1) is 11.1. The van der Waals surface area contributed by atoms with Crippen LogP contribution in [0.1, 0.15) is 60.8 Å². The van der Waals surface area contributed by atoms with Crippen LogP contribution in [-0.2, 0) is 19.1 Å². The molecule has 0 saturated heterocycles. The quantitative estimate of drug-likeness (QED) is 0.466. The Bertz CT molecular complexity index is 423. The lowest BCUT2D eigenvalue weighted by Crippen LogP contribution is -2.45. The molecule has 0 saturated carbocycles. The van der Waals surface area contributed by atoms with Crippen LogP contribution in [0.15, 0.2) is 0 Å². The molecule has 2 N–H and O–H groups in total. The molecule has 0 bridgehead atoms. The molecule has 0 aliphatic heterocycles. The first-order valence-electron chi connectivity index (χ1n) is 8.44. The van der Waals surface area contributed by atoms with Crippen LogP contribution in [0.25, 0.3) is 0 Å². The number of carbonyl (C=O) groups excluding carboxylic acids is 2. The van der Waals surface area contributed by atoms with Crippen LogP contribution in [0, 0.1) is 17.8 Å². The maximum atomic E-state index is 12.1. The molecule has 0 fully saturated rings. The molecule has 0 aliphatic rings. The first-order valence-corrected chi connectivity index (χ1v) is 8.44. The highest BCUT2D eigenvalue weighted by Gasteiger charge is 2.28. The smallest absolute Gasteiger partial charge is 0.410 e. The van der Waals surface area contributed by atoms with Gasteiger partial charge < -0.3 is 19.9 Å². The Hall–Kier alpha value is -1.79. The third-order valence-corrected chi connectivity index (χ3v) is 4.02. The molecule has 0 aliphatic carbocycles. The zero-order chi connectivity index (χ0) is 18.9. The molecule has 140 valence electrons. The van der Waals surface area contributed by atoms with E-state index >= 15 is 0 Å². The third kappa shape index (κ3) is 8.74. The first kappa shape index (κ1) is 22.2. The van der Waals surface area contributed by atoms with E-state index in [-0.39, 0.29) is 24.2 Å². The van der Waals surface area contributed by atoms with Crippen molar-refractivity contribution >= 4 is 18.0 Å². The fraction of sp³-hybridized carbons (Fsp3) is 0.824. The number of carbonyl (C=O) groups is 3. The van der Waals surface area contributed by atoms with E-state index in [1.54, 1.807) is 13.8 Å². The van der Waals surface area contributed by atoms with Gasteiger partial charge in [0.2, 0.25) is 0 Å². The molecule has 7 nitrogen and oxygen atoms in total. The summed E-state index contributed by atoms with van der Waals surface area (Å²) in [6.45, 7) is 10.7. The van der Waals surface area contributed by atoms with E-state index in [9.17, 15) is 14.4 Å².